The number of pyridine rings is 1. The van der Waals surface area contributed by atoms with Crippen LogP contribution in [0, 0.1) is 11.6 Å². The average Bonchev–Trinajstić information content (AvgIpc) is 2.64. The van der Waals surface area contributed by atoms with E-state index < -0.39 is 17.2 Å². The Bertz CT molecular complexity index is 806. The van der Waals surface area contributed by atoms with Gasteiger partial charge in [0.1, 0.15) is 11.7 Å². The zero-order chi connectivity index (χ0) is 20.3. The van der Waals surface area contributed by atoms with E-state index in [4.69, 9.17) is 9.47 Å². The van der Waals surface area contributed by atoms with E-state index in [0.717, 1.165) is 0 Å². The number of hydrogen-bond donors (Lipinski definition) is 0. The molecule has 0 bridgehead atoms. The average molecular weight is 390 g/mol. The second-order valence-corrected chi connectivity index (χ2v) is 7.79. The predicted octanol–water partition coefficient (Wildman–Crippen LogP) is 4.81. The molecule has 28 heavy (non-hydrogen) atoms. The Morgan fingerprint density at radius 2 is 1.64 bits per heavy atom. The summed E-state index contributed by atoms with van der Waals surface area (Å²) in [5, 5.41) is 0. The summed E-state index contributed by atoms with van der Waals surface area (Å²) in [6, 6.07) is 5.87. The SMILES string of the molecule is CC(C)(C)OC(=O)N1CCC(Oc2c(F)cc(-c3ccncc3)cc2F)CC1. The van der Waals surface area contributed by atoms with Crippen molar-refractivity contribution in [2.75, 3.05) is 13.1 Å². The van der Waals surface area contributed by atoms with Crippen LogP contribution in [0.15, 0.2) is 36.7 Å². The monoisotopic (exact) mass is 390 g/mol. The maximum atomic E-state index is 14.5. The van der Waals surface area contributed by atoms with Crippen LogP contribution < -0.4 is 4.74 Å². The van der Waals surface area contributed by atoms with Crippen LogP contribution in [0.25, 0.3) is 11.1 Å². The number of hydrogen-bond acceptors (Lipinski definition) is 4. The van der Waals surface area contributed by atoms with E-state index in [1.807, 2.05) is 20.8 Å². The fourth-order valence-corrected chi connectivity index (χ4v) is 3.03. The van der Waals surface area contributed by atoms with Gasteiger partial charge in [0, 0.05) is 38.3 Å². The second-order valence-electron chi connectivity index (χ2n) is 7.79. The fourth-order valence-electron chi connectivity index (χ4n) is 3.03. The molecule has 0 radical (unpaired) electrons. The number of ether oxygens (including phenoxy) is 2. The van der Waals surface area contributed by atoms with Gasteiger partial charge < -0.3 is 14.4 Å². The molecule has 2 heterocycles. The van der Waals surface area contributed by atoms with Crippen molar-refractivity contribution in [3.8, 4) is 16.9 Å². The van der Waals surface area contributed by atoms with E-state index in [9.17, 15) is 13.6 Å². The molecular weight excluding hydrogens is 366 g/mol. The van der Waals surface area contributed by atoms with Gasteiger partial charge in [-0.05, 0) is 56.2 Å². The number of likely N-dealkylation sites (tertiary alicyclic amines) is 1. The van der Waals surface area contributed by atoms with Gasteiger partial charge in [-0.15, -0.1) is 0 Å². The zero-order valence-corrected chi connectivity index (χ0v) is 16.2. The molecule has 0 atom stereocenters. The van der Waals surface area contributed by atoms with E-state index in [1.165, 1.54) is 12.1 Å². The first kappa shape index (κ1) is 20.0. The third-order valence-corrected chi connectivity index (χ3v) is 4.39. The summed E-state index contributed by atoms with van der Waals surface area (Å²) in [6.45, 7) is 6.25. The maximum Gasteiger partial charge on any atom is 0.410 e. The number of rotatable bonds is 3. The van der Waals surface area contributed by atoms with Crippen molar-refractivity contribution >= 4 is 6.09 Å². The van der Waals surface area contributed by atoms with Crippen molar-refractivity contribution in [2.24, 2.45) is 0 Å². The Labute approximate surface area is 163 Å². The topological polar surface area (TPSA) is 51.7 Å². The smallest absolute Gasteiger partial charge is 0.410 e. The molecule has 1 aliphatic heterocycles. The van der Waals surface area contributed by atoms with Gasteiger partial charge in [0.2, 0.25) is 0 Å². The predicted molar refractivity (Wildman–Crippen MR) is 101 cm³/mol. The Kier molecular flexibility index (Phi) is 5.82. The first-order valence-electron chi connectivity index (χ1n) is 9.27. The molecule has 0 unspecified atom stereocenters. The third kappa shape index (κ3) is 4.97. The van der Waals surface area contributed by atoms with Crippen LogP contribution in [-0.4, -0.2) is 40.8 Å². The van der Waals surface area contributed by atoms with Crippen molar-refractivity contribution < 1.29 is 23.0 Å². The fraction of sp³-hybridized carbons (Fsp3) is 0.429. The molecular formula is C21H24F2N2O3. The number of benzene rings is 1. The van der Waals surface area contributed by atoms with E-state index in [2.05, 4.69) is 4.98 Å². The van der Waals surface area contributed by atoms with Gasteiger partial charge in [0.25, 0.3) is 0 Å². The van der Waals surface area contributed by atoms with Gasteiger partial charge in [-0.1, -0.05) is 0 Å². The highest BCUT2D eigenvalue weighted by atomic mass is 19.1. The quantitative estimate of drug-likeness (QED) is 0.755. The Balaban J connectivity index is 1.63. The third-order valence-electron chi connectivity index (χ3n) is 4.39. The summed E-state index contributed by atoms with van der Waals surface area (Å²) >= 11 is 0. The van der Waals surface area contributed by atoms with Crippen LogP contribution in [0.1, 0.15) is 33.6 Å². The summed E-state index contributed by atoms with van der Waals surface area (Å²) in [5.74, 6) is -1.88. The van der Waals surface area contributed by atoms with Crippen molar-refractivity contribution in [3.05, 3.63) is 48.3 Å². The molecule has 0 N–H and O–H groups in total. The first-order chi connectivity index (χ1) is 13.2. The minimum atomic E-state index is -0.749. The van der Waals surface area contributed by atoms with E-state index in [0.29, 0.717) is 37.1 Å². The van der Waals surface area contributed by atoms with Crippen LogP contribution in [0.2, 0.25) is 0 Å². The number of nitrogens with zero attached hydrogens (tertiary/aromatic N) is 2. The number of aromatic nitrogens is 1. The van der Waals surface area contributed by atoms with Crippen molar-refractivity contribution in [1.82, 2.24) is 9.88 Å². The molecule has 0 saturated carbocycles. The van der Waals surface area contributed by atoms with Crippen LogP contribution in [0.5, 0.6) is 5.75 Å². The van der Waals surface area contributed by atoms with Crippen LogP contribution in [-0.2, 0) is 4.74 Å². The molecule has 1 fully saturated rings. The highest BCUT2D eigenvalue weighted by molar-refractivity contribution is 5.68. The Morgan fingerprint density at radius 3 is 2.18 bits per heavy atom. The lowest BCUT2D eigenvalue weighted by Crippen LogP contribution is -2.44. The maximum absolute atomic E-state index is 14.5. The number of piperidine rings is 1. The van der Waals surface area contributed by atoms with E-state index >= 15 is 0 Å². The molecule has 0 spiro atoms. The highest BCUT2D eigenvalue weighted by Gasteiger charge is 2.28. The Morgan fingerprint density at radius 1 is 1.07 bits per heavy atom. The molecule has 0 aliphatic carbocycles. The number of carbonyl (C=O) groups is 1. The molecule has 5 nitrogen and oxygen atoms in total. The molecule has 3 rings (SSSR count). The normalized spacial score (nSPS) is 15.4. The Hall–Kier alpha value is -2.70. The summed E-state index contributed by atoms with van der Waals surface area (Å²) in [6.07, 6.45) is 3.33. The van der Waals surface area contributed by atoms with Gasteiger partial charge in [-0.2, -0.15) is 0 Å². The summed E-state index contributed by atoms with van der Waals surface area (Å²) in [4.78, 5) is 17.6. The number of carbonyl (C=O) groups excluding carboxylic acids is 1. The molecule has 1 aromatic heterocycles. The second kappa shape index (κ2) is 8.12. The van der Waals surface area contributed by atoms with Crippen molar-refractivity contribution in [3.63, 3.8) is 0 Å². The van der Waals surface area contributed by atoms with Gasteiger partial charge in [0.05, 0.1) is 0 Å². The van der Waals surface area contributed by atoms with E-state index in [1.54, 1.807) is 29.4 Å². The standard InChI is InChI=1S/C21H24F2N2O3/c1-21(2,3)28-20(26)25-10-6-16(7-11-25)27-19-17(22)12-15(13-18(19)23)14-4-8-24-9-5-14/h4-5,8-9,12-13,16H,6-7,10-11H2,1-3H3. The molecule has 1 aromatic carbocycles. The molecule has 1 aliphatic rings. The van der Waals surface area contributed by atoms with Crippen LogP contribution in [0.4, 0.5) is 13.6 Å². The van der Waals surface area contributed by atoms with Crippen molar-refractivity contribution in [2.45, 2.75) is 45.3 Å². The lowest BCUT2D eigenvalue weighted by molar-refractivity contribution is 0.0119. The van der Waals surface area contributed by atoms with Crippen molar-refractivity contribution in [1.29, 1.82) is 0 Å². The molecule has 7 heteroatoms. The van der Waals surface area contributed by atoms with Gasteiger partial charge >= 0.3 is 6.09 Å². The number of halogens is 2. The van der Waals surface area contributed by atoms with Gasteiger partial charge in [0.15, 0.2) is 17.4 Å². The minimum Gasteiger partial charge on any atom is -0.484 e. The summed E-state index contributed by atoms with van der Waals surface area (Å²) in [7, 11) is 0. The molecule has 1 amide bonds. The zero-order valence-electron chi connectivity index (χ0n) is 16.2. The largest absolute Gasteiger partial charge is 0.484 e. The summed E-state index contributed by atoms with van der Waals surface area (Å²) < 4.78 is 39.9. The van der Waals surface area contributed by atoms with Gasteiger partial charge in [-0.25, -0.2) is 13.6 Å². The highest BCUT2D eigenvalue weighted by Crippen LogP contribution is 2.31. The van der Waals surface area contributed by atoms with Crippen LogP contribution >= 0.6 is 0 Å². The first-order valence-corrected chi connectivity index (χ1v) is 9.27. The summed E-state index contributed by atoms with van der Waals surface area (Å²) in [5.41, 5.74) is 0.530. The lowest BCUT2D eigenvalue weighted by Gasteiger charge is -2.33. The lowest BCUT2D eigenvalue weighted by atomic mass is 10.1. The van der Waals surface area contributed by atoms with E-state index in [-0.39, 0.29) is 17.9 Å². The van der Waals surface area contributed by atoms with Gasteiger partial charge in [-0.3, -0.25) is 4.98 Å². The molecule has 2 aromatic rings. The molecule has 1 saturated heterocycles. The van der Waals surface area contributed by atoms with Crippen LogP contribution in [0.3, 0.4) is 0 Å². The molecule has 150 valence electrons. The minimum absolute atomic E-state index is 0.366. The number of amides is 1.